The van der Waals surface area contributed by atoms with Gasteiger partial charge in [0.2, 0.25) is 0 Å². The lowest BCUT2D eigenvalue weighted by Crippen LogP contribution is -2.39. The van der Waals surface area contributed by atoms with Crippen molar-refractivity contribution in [3.05, 3.63) is 74.8 Å². The zero-order valence-corrected chi connectivity index (χ0v) is 19.3. The third kappa shape index (κ3) is 4.16. The van der Waals surface area contributed by atoms with Crippen LogP contribution in [0.2, 0.25) is 0 Å². The summed E-state index contributed by atoms with van der Waals surface area (Å²) in [6, 6.07) is 7.87. The average molecular weight is 465 g/mol. The van der Waals surface area contributed by atoms with Crippen molar-refractivity contribution in [2.24, 2.45) is 0 Å². The van der Waals surface area contributed by atoms with E-state index in [1.165, 1.54) is 17.7 Å². The van der Waals surface area contributed by atoms with Crippen molar-refractivity contribution in [1.82, 2.24) is 19.9 Å². The predicted octanol–water partition coefficient (Wildman–Crippen LogP) is 3.90. The first-order valence-electron chi connectivity index (χ1n) is 10.9. The van der Waals surface area contributed by atoms with E-state index in [1.54, 1.807) is 13.3 Å². The van der Waals surface area contributed by atoms with E-state index in [2.05, 4.69) is 15.0 Å². The second kappa shape index (κ2) is 8.82. The second-order valence-electron chi connectivity index (χ2n) is 8.25. The van der Waals surface area contributed by atoms with Gasteiger partial charge in [0.15, 0.2) is 5.89 Å². The fourth-order valence-electron chi connectivity index (χ4n) is 4.33. The van der Waals surface area contributed by atoms with Crippen LogP contribution in [0.4, 0.5) is 0 Å². The van der Waals surface area contributed by atoms with Crippen molar-refractivity contribution in [3.8, 4) is 5.75 Å². The fraction of sp³-hybridized carbons (Fsp3) is 0.333. The molecule has 0 aliphatic carbocycles. The molecule has 170 valence electrons. The smallest absolute Gasteiger partial charge is 0.264 e. The number of hydrogen-bond acceptors (Lipinski definition) is 7. The van der Waals surface area contributed by atoms with Crippen molar-refractivity contribution < 1.29 is 13.9 Å². The van der Waals surface area contributed by atoms with Crippen molar-refractivity contribution in [1.29, 1.82) is 0 Å². The fourth-order valence-corrected chi connectivity index (χ4v) is 5.44. The Morgan fingerprint density at radius 1 is 1.30 bits per heavy atom. The number of carbonyl (C=O) groups is 1. The van der Waals surface area contributed by atoms with Crippen LogP contribution in [0.25, 0.3) is 10.2 Å². The molecule has 0 saturated carbocycles. The number of H-pyrrole nitrogens is 1. The van der Waals surface area contributed by atoms with E-state index in [0.717, 1.165) is 29.9 Å². The van der Waals surface area contributed by atoms with Crippen molar-refractivity contribution >= 4 is 27.5 Å². The van der Waals surface area contributed by atoms with Gasteiger partial charge in [-0.15, -0.1) is 11.3 Å². The Morgan fingerprint density at radius 2 is 2.12 bits per heavy atom. The van der Waals surface area contributed by atoms with E-state index >= 15 is 0 Å². The number of hydrogen-bond donors (Lipinski definition) is 1. The summed E-state index contributed by atoms with van der Waals surface area (Å²) in [4.78, 5) is 39.8. The molecule has 4 heterocycles. The molecule has 1 aliphatic rings. The SMILES string of the molecule is COc1ccc(Cc2cnc([C@@H]3CCCN(C(=O)c4sc5nc[nH]c(=O)c5c4C)C3)o2)cc1. The van der Waals surface area contributed by atoms with E-state index in [4.69, 9.17) is 9.15 Å². The number of piperidine rings is 1. The van der Waals surface area contributed by atoms with Crippen LogP contribution >= 0.6 is 11.3 Å². The molecule has 3 aromatic heterocycles. The molecule has 0 bridgehead atoms. The number of oxazole rings is 1. The number of methoxy groups -OCH3 is 1. The van der Waals surface area contributed by atoms with Gasteiger partial charge in [0, 0.05) is 19.5 Å². The van der Waals surface area contributed by atoms with Crippen LogP contribution in [0.5, 0.6) is 5.75 Å². The van der Waals surface area contributed by atoms with E-state index in [1.807, 2.05) is 36.1 Å². The predicted molar refractivity (Wildman–Crippen MR) is 125 cm³/mol. The third-order valence-electron chi connectivity index (χ3n) is 6.09. The summed E-state index contributed by atoms with van der Waals surface area (Å²) in [6.45, 7) is 3.02. The number of aryl methyl sites for hydroxylation is 1. The highest BCUT2D eigenvalue weighted by Crippen LogP contribution is 2.32. The van der Waals surface area contributed by atoms with E-state index in [0.29, 0.717) is 46.1 Å². The lowest BCUT2D eigenvalue weighted by Gasteiger charge is -2.31. The summed E-state index contributed by atoms with van der Waals surface area (Å²) >= 11 is 1.27. The molecule has 0 unspecified atom stereocenters. The number of carbonyl (C=O) groups excluding carboxylic acids is 1. The largest absolute Gasteiger partial charge is 0.497 e. The Kier molecular flexibility index (Phi) is 5.72. The Morgan fingerprint density at radius 3 is 2.88 bits per heavy atom. The number of fused-ring (bicyclic) bond motifs is 1. The Hall–Kier alpha value is -3.46. The number of nitrogens with one attached hydrogen (secondary N) is 1. The van der Waals surface area contributed by atoms with Crippen LogP contribution in [-0.2, 0) is 6.42 Å². The summed E-state index contributed by atoms with van der Waals surface area (Å²) in [5, 5.41) is 0.496. The van der Waals surface area contributed by atoms with Gasteiger partial charge in [-0.25, -0.2) is 9.97 Å². The number of rotatable bonds is 5. The minimum absolute atomic E-state index is 0.0449. The normalized spacial score (nSPS) is 16.3. The number of likely N-dealkylation sites (tertiary alicyclic amines) is 1. The van der Waals surface area contributed by atoms with Gasteiger partial charge in [-0.1, -0.05) is 12.1 Å². The van der Waals surface area contributed by atoms with Crippen LogP contribution in [0.3, 0.4) is 0 Å². The number of ether oxygens (including phenoxy) is 1. The Labute approximate surface area is 194 Å². The third-order valence-corrected chi connectivity index (χ3v) is 7.28. The molecule has 1 aliphatic heterocycles. The molecule has 0 radical (unpaired) electrons. The molecule has 1 saturated heterocycles. The summed E-state index contributed by atoms with van der Waals surface area (Å²) in [6.07, 6.45) is 5.58. The van der Waals surface area contributed by atoms with Crippen LogP contribution in [0.1, 0.15) is 51.2 Å². The van der Waals surface area contributed by atoms with Gasteiger partial charge in [0.1, 0.15) is 16.3 Å². The van der Waals surface area contributed by atoms with Gasteiger partial charge in [-0.05, 0) is 43.0 Å². The van der Waals surface area contributed by atoms with E-state index < -0.39 is 0 Å². The average Bonchev–Trinajstić information content (AvgIpc) is 3.44. The summed E-state index contributed by atoms with van der Waals surface area (Å²) < 4.78 is 11.3. The van der Waals surface area contributed by atoms with E-state index in [9.17, 15) is 9.59 Å². The van der Waals surface area contributed by atoms with Gasteiger partial charge in [-0.3, -0.25) is 9.59 Å². The van der Waals surface area contributed by atoms with Crippen molar-refractivity contribution in [2.45, 2.75) is 32.1 Å². The highest BCUT2D eigenvalue weighted by atomic mass is 32.1. The summed E-state index contributed by atoms with van der Waals surface area (Å²) in [5.41, 5.74) is 1.59. The van der Waals surface area contributed by atoms with Crippen molar-refractivity contribution in [3.63, 3.8) is 0 Å². The van der Waals surface area contributed by atoms with Gasteiger partial charge in [-0.2, -0.15) is 0 Å². The monoisotopic (exact) mass is 464 g/mol. The first-order chi connectivity index (χ1) is 16.0. The number of amides is 1. The lowest BCUT2D eigenvalue weighted by atomic mass is 9.97. The lowest BCUT2D eigenvalue weighted by molar-refractivity contribution is 0.0702. The molecular formula is C24H24N4O4S. The van der Waals surface area contributed by atoms with Gasteiger partial charge >= 0.3 is 0 Å². The Bertz CT molecular complexity index is 1360. The number of aromatic nitrogens is 3. The summed E-state index contributed by atoms with van der Waals surface area (Å²) in [5.74, 6) is 2.26. The maximum absolute atomic E-state index is 13.3. The molecule has 1 atom stereocenters. The number of nitrogens with zero attached hydrogens (tertiary/aromatic N) is 3. The van der Waals surface area contributed by atoms with Crippen LogP contribution in [0.15, 0.2) is 46.0 Å². The van der Waals surface area contributed by atoms with Crippen LogP contribution in [0, 0.1) is 6.92 Å². The standard InChI is InChI=1S/C24H24N4O4S/c1-14-19-21(29)26-13-27-23(19)33-20(14)24(30)28-9-3-4-16(12-28)22-25-11-18(32-22)10-15-5-7-17(31-2)8-6-15/h5-8,11,13,16H,3-4,9-10,12H2,1-2H3,(H,26,27,29)/t16-/m1/s1. The number of benzene rings is 1. The highest BCUT2D eigenvalue weighted by molar-refractivity contribution is 7.20. The summed E-state index contributed by atoms with van der Waals surface area (Å²) in [7, 11) is 1.65. The van der Waals surface area contributed by atoms with Gasteiger partial charge in [0.05, 0.1) is 35.8 Å². The van der Waals surface area contributed by atoms with Crippen LogP contribution in [-0.4, -0.2) is 46.0 Å². The maximum atomic E-state index is 13.3. The maximum Gasteiger partial charge on any atom is 0.264 e. The molecule has 0 spiro atoms. The zero-order valence-electron chi connectivity index (χ0n) is 18.5. The van der Waals surface area contributed by atoms with Crippen molar-refractivity contribution in [2.75, 3.05) is 20.2 Å². The number of thiophene rings is 1. The molecule has 1 fully saturated rings. The zero-order chi connectivity index (χ0) is 22.9. The minimum Gasteiger partial charge on any atom is -0.497 e. The topological polar surface area (TPSA) is 101 Å². The molecule has 33 heavy (non-hydrogen) atoms. The quantitative estimate of drug-likeness (QED) is 0.481. The molecule has 1 amide bonds. The first kappa shape index (κ1) is 21.4. The molecular weight excluding hydrogens is 440 g/mol. The van der Waals surface area contributed by atoms with E-state index in [-0.39, 0.29) is 17.4 Å². The first-order valence-corrected chi connectivity index (χ1v) is 11.7. The Balaban J connectivity index is 1.31. The van der Waals surface area contributed by atoms with Gasteiger partial charge in [0.25, 0.3) is 11.5 Å². The number of aromatic amines is 1. The van der Waals surface area contributed by atoms with Crippen LogP contribution < -0.4 is 10.3 Å². The minimum atomic E-state index is -0.214. The molecule has 4 aromatic rings. The molecule has 9 heteroatoms. The molecule has 8 nitrogen and oxygen atoms in total. The molecule has 1 aromatic carbocycles. The van der Waals surface area contributed by atoms with Gasteiger partial charge < -0.3 is 19.0 Å². The second-order valence-corrected chi connectivity index (χ2v) is 9.25. The molecule has 5 rings (SSSR count). The highest BCUT2D eigenvalue weighted by Gasteiger charge is 2.30. The molecule has 1 N–H and O–H groups in total.